The van der Waals surface area contributed by atoms with Gasteiger partial charge >= 0.3 is 5.69 Å². The van der Waals surface area contributed by atoms with Crippen LogP contribution >= 0.6 is 0 Å². The van der Waals surface area contributed by atoms with Crippen LogP contribution in [-0.2, 0) is 6.54 Å². The lowest BCUT2D eigenvalue weighted by Crippen LogP contribution is -2.49. The molecule has 0 unspecified atom stereocenters. The number of nitro benzene ring substituents is 1. The maximum absolute atomic E-state index is 11.0. The number of rotatable bonds is 6. The van der Waals surface area contributed by atoms with E-state index in [1.165, 1.54) is 19.6 Å². The van der Waals surface area contributed by atoms with Gasteiger partial charge in [-0.2, -0.15) is 0 Å². The van der Waals surface area contributed by atoms with Crippen molar-refractivity contribution in [2.45, 2.75) is 44.2 Å². The van der Waals surface area contributed by atoms with E-state index in [2.05, 4.69) is 5.32 Å². The monoisotopic (exact) mass is 294 g/mol. The van der Waals surface area contributed by atoms with Crippen molar-refractivity contribution in [2.75, 3.05) is 13.7 Å². The molecule has 1 aliphatic rings. The summed E-state index contributed by atoms with van der Waals surface area (Å²) in [5.41, 5.74) is 0.548. The molecule has 21 heavy (non-hydrogen) atoms. The maximum Gasteiger partial charge on any atom is 0.311 e. The second kappa shape index (κ2) is 6.87. The Bertz CT molecular complexity index is 498. The van der Waals surface area contributed by atoms with Gasteiger partial charge in [0.25, 0.3) is 0 Å². The van der Waals surface area contributed by atoms with Gasteiger partial charge in [-0.3, -0.25) is 10.1 Å². The first-order chi connectivity index (χ1) is 10.1. The van der Waals surface area contributed by atoms with Gasteiger partial charge in [-0.25, -0.2) is 0 Å². The number of aliphatic hydroxyl groups excluding tert-OH is 1. The highest BCUT2D eigenvalue weighted by Crippen LogP contribution is 2.30. The molecule has 0 atom stereocenters. The molecule has 116 valence electrons. The number of methoxy groups -OCH3 is 1. The minimum absolute atomic E-state index is 0.0292. The molecule has 0 saturated heterocycles. The quantitative estimate of drug-likeness (QED) is 0.621. The molecule has 1 saturated carbocycles. The first-order valence-electron chi connectivity index (χ1n) is 7.27. The highest BCUT2D eigenvalue weighted by molar-refractivity contribution is 5.48. The molecule has 2 rings (SSSR count). The molecule has 2 N–H and O–H groups in total. The molecule has 0 aromatic heterocycles. The number of hydrogen-bond donors (Lipinski definition) is 2. The van der Waals surface area contributed by atoms with E-state index in [0.717, 1.165) is 31.2 Å². The third kappa shape index (κ3) is 3.71. The van der Waals surface area contributed by atoms with Gasteiger partial charge < -0.3 is 15.2 Å². The molecule has 1 aromatic carbocycles. The van der Waals surface area contributed by atoms with Gasteiger partial charge in [0.15, 0.2) is 5.75 Å². The highest BCUT2D eigenvalue weighted by Gasteiger charge is 2.30. The van der Waals surface area contributed by atoms with Crippen molar-refractivity contribution in [2.24, 2.45) is 0 Å². The summed E-state index contributed by atoms with van der Waals surface area (Å²) in [4.78, 5) is 10.6. The molecule has 0 radical (unpaired) electrons. The van der Waals surface area contributed by atoms with Crippen LogP contribution in [0.25, 0.3) is 0 Å². The number of nitro groups is 1. The molecule has 1 fully saturated rings. The van der Waals surface area contributed by atoms with Gasteiger partial charge in [-0.05, 0) is 24.5 Å². The van der Waals surface area contributed by atoms with Gasteiger partial charge in [0.1, 0.15) is 0 Å². The van der Waals surface area contributed by atoms with Crippen LogP contribution in [0.2, 0.25) is 0 Å². The number of nitrogens with zero attached hydrogens (tertiary/aromatic N) is 1. The lowest BCUT2D eigenvalue weighted by atomic mass is 9.82. The van der Waals surface area contributed by atoms with Gasteiger partial charge in [-0.15, -0.1) is 0 Å². The molecule has 1 aromatic rings. The lowest BCUT2D eigenvalue weighted by Gasteiger charge is -2.36. The normalized spacial score (nSPS) is 17.4. The smallest absolute Gasteiger partial charge is 0.311 e. The number of aliphatic hydroxyl groups is 1. The predicted octanol–water partition coefficient (Wildman–Crippen LogP) is 2.39. The van der Waals surface area contributed by atoms with Crippen molar-refractivity contribution in [1.29, 1.82) is 0 Å². The summed E-state index contributed by atoms with van der Waals surface area (Å²) in [6.45, 7) is 0.608. The number of ether oxygens (including phenoxy) is 1. The summed E-state index contributed by atoms with van der Waals surface area (Å²) in [6.07, 6.45) is 5.31. The van der Waals surface area contributed by atoms with Crippen LogP contribution in [0, 0.1) is 10.1 Å². The van der Waals surface area contributed by atoms with Gasteiger partial charge in [0.05, 0.1) is 18.6 Å². The molecule has 1 aliphatic carbocycles. The standard InChI is InChI=1S/C15H22N2O4/c1-21-14-6-5-12(9-13(14)17(19)20)10-16-15(11-18)7-3-2-4-8-15/h5-6,9,16,18H,2-4,7-8,10-11H2,1H3. The fourth-order valence-corrected chi connectivity index (χ4v) is 2.90. The van der Waals surface area contributed by atoms with Crippen molar-refractivity contribution < 1.29 is 14.8 Å². The van der Waals surface area contributed by atoms with Gasteiger partial charge in [-0.1, -0.05) is 25.3 Å². The van der Waals surface area contributed by atoms with Crippen LogP contribution < -0.4 is 10.1 Å². The number of benzene rings is 1. The van der Waals surface area contributed by atoms with Crippen molar-refractivity contribution in [3.63, 3.8) is 0 Å². The number of hydrogen-bond acceptors (Lipinski definition) is 5. The number of nitrogens with one attached hydrogen (secondary N) is 1. The summed E-state index contributed by atoms with van der Waals surface area (Å²) in [6, 6.07) is 4.95. The fourth-order valence-electron chi connectivity index (χ4n) is 2.90. The molecule has 6 nitrogen and oxygen atoms in total. The zero-order valence-corrected chi connectivity index (χ0v) is 12.3. The largest absolute Gasteiger partial charge is 0.490 e. The Morgan fingerprint density at radius 1 is 1.38 bits per heavy atom. The fraction of sp³-hybridized carbons (Fsp3) is 0.600. The Balaban J connectivity index is 2.09. The van der Waals surface area contributed by atoms with Crippen LogP contribution in [0.15, 0.2) is 18.2 Å². The van der Waals surface area contributed by atoms with Crippen LogP contribution in [0.1, 0.15) is 37.7 Å². The van der Waals surface area contributed by atoms with E-state index in [0.29, 0.717) is 6.54 Å². The summed E-state index contributed by atoms with van der Waals surface area (Å²) >= 11 is 0. The van der Waals surface area contributed by atoms with Gasteiger partial charge in [0.2, 0.25) is 0 Å². The Labute approximate surface area is 124 Å². The van der Waals surface area contributed by atoms with E-state index in [1.807, 2.05) is 6.07 Å². The van der Waals surface area contributed by atoms with E-state index in [9.17, 15) is 15.2 Å². The Hall–Kier alpha value is -1.66. The van der Waals surface area contributed by atoms with Crippen LogP contribution in [0.3, 0.4) is 0 Å². The minimum atomic E-state index is -0.440. The molecule has 0 amide bonds. The second-order valence-corrected chi connectivity index (χ2v) is 5.62. The Kier molecular flexibility index (Phi) is 5.14. The average molecular weight is 294 g/mol. The third-order valence-corrected chi connectivity index (χ3v) is 4.22. The van der Waals surface area contributed by atoms with E-state index in [1.54, 1.807) is 6.07 Å². The third-order valence-electron chi connectivity index (χ3n) is 4.22. The highest BCUT2D eigenvalue weighted by atomic mass is 16.6. The zero-order valence-electron chi connectivity index (χ0n) is 12.3. The van der Waals surface area contributed by atoms with E-state index >= 15 is 0 Å². The van der Waals surface area contributed by atoms with Crippen LogP contribution in [-0.4, -0.2) is 29.3 Å². The summed E-state index contributed by atoms with van der Waals surface area (Å²) in [5, 5.41) is 24.1. The Morgan fingerprint density at radius 3 is 2.67 bits per heavy atom. The molecule has 0 bridgehead atoms. The molecule has 0 spiro atoms. The maximum atomic E-state index is 11.0. The lowest BCUT2D eigenvalue weighted by molar-refractivity contribution is -0.385. The molecule has 0 aliphatic heterocycles. The van der Waals surface area contributed by atoms with Crippen molar-refractivity contribution in [3.05, 3.63) is 33.9 Å². The second-order valence-electron chi connectivity index (χ2n) is 5.62. The van der Waals surface area contributed by atoms with Crippen molar-refractivity contribution in [1.82, 2.24) is 5.32 Å². The zero-order chi connectivity index (χ0) is 15.3. The first kappa shape index (κ1) is 15.7. The van der Waals surface area contributed by atoms with E-state index in [-0.39, 0.29) is 23.6 Å². The van der Waals surface area contributed by atoms with Crippen molar-refractivity contribution >= 4 is 5.69 Å². The predicted molar refractivity (Wildman–Crippen MR) is 79.4 cm³/mol. The van der Waals surface area contributed by atoms with Crippen LogP contribution in [0.5, 0.6) is 5.75 Å². The SMILES string of the molecule is COc1ccc(CNC2(CO)CCCCC2)cc1[N+](=O)[O-]. The molecular formula is C15H22N2O4. The summed E-state index contributed by atoms with van der Waals surface area (Å²) < 4.78 is 5.00. The van der Waals surface area contributed by atoms with E-state index < -0.39 is 4.92 Å². The molecule has 0 heterocycles. The minimum Gasteiger partial charge on any atom is -0.490 e. The molecular weight excluding hydrogens is 272 g/mol. The summed E-state index contributed by atoms with van der Waals surface area (Å²) in [5.74, 6) is 0.262. The first-order valence-corrected chi connectivity index (χ1v) is 7.27. The summed E-state index contributed by atoms with van der Waals surface area (Å²) in [7, 11) is 1.42. The van der Waals surface area contributed by atoms with Gasteiger partial charge in [0, 0.05) is 18.2 Å². The van der Waals surface area contributed by atoms with Crippen molar-refractivity contribution in [3.8, 4) is 5.75 Å². The Morgan fingerprint density at radius 2 is 2.10 bits per heavy atom. The van der Waals surface area contributed by atoms with E-state index in [4.69, 9.17) is 4.74 Å². The topological polar surface area (TPSA) is 84.6 Å². The average Bonchev–Trinajstić information content (AvgIpc) is 2.53. The van der Waals surface area contributed by atoms with Crippen LogP contribution in [0.4, 0.5) is 5.69 Å². The molecule has 6 heteroatoms.